The number of amides is 3. The number of benzene rings is 3. The summed E-state index contributed by atoms with van der Waals surface area (Å²) < 4.78 is 5.24. The number of carbonyl (C=O) groups is 3. The highest BCUT2D eigenvalue weighted by atomic mass is 16.5. The molecule has 42 heavy (non-hydrogen) atoms. The van der Waals surface area contributed by atoms with E-state index in [1.54, 1.807) is 33.1 Å². The van der Waals surface area contributed by atoms with Gasteiger partial charge >= 0.3 is 7.12 Å². The van der Waals surface area contributed by atoms with Gasteiger partial charge in [-0.25, -0.2) is 0 Å². The van der Waals surface area contributed by atoms with E-state index in [2.05, 4.69) is 16.0 Å². The first-order valence-electron chi connectivity index (χ1n) is 14.3. The third kappa shape index (κ3) is 9.32. The second-order valence-corrected chi connectivity index (χ2v) is 11.4. The number of hydrogen-bond donors (Lipinski definition) is 5. The van der Waals surface area contributed by atoms with Gasteiger partial charge in [-0.1, -0.05) is 82.3 Å². The average molecular weight is 576 g/mol. The van der Waals surface area contributed by atoms with Crippen LogP contribution in [0.2, 0.25) is 0 Å². The number of hydrogen-bond acceptors (Lipinski definition) is 6. The van der Waals surface area contributed by atoms with Crippen LogP contribution in [0.5, 0.6) is 5.75 Å². The molecule has 3 aromatic carbocycles. The van der Waals surface area contributed by atoms with Crippen molar-refractivity contribution in [2.24, 2.45) is 11.8 Å². The van der Waals surface area contributed by atoms with Crippen molar-refractivity contribution in [1.29, 1.82) is 0 Å². The molecule has 0 aliphatic carbocycles. The van der Waals surface area contributed by atoms with Gasteiger partial charge < -0.3 is 30.7 Å². The van der Waals surface area contributed by atoms with Crippen LogP contribution in [0.25, 0.3) is 10.8 Å². The Morgan fingerprint density at radius 3 is 2.12 bits per heavy atom. The van der Waals surface area contributed by atoms with Crippen LogP contribution in [0.4, 0.5) is 0 Å². The molecule has 3 aromatic rings. The Hall–Kier alpha value is -3.89. The number of nitrogens with one attached hydrogen (secondary N) is 3. The lowest BCUT2D eigenvalue weighted by molar-refractivity contribution is -0.132. The second-order valence-electron chi connectivity index (χ2n) is 11.4. The smallest absolute Gasteiger partial charge is 0.475 e. The minimum Gasteiger partial charge on any atom is -0.497 e. The Morgan fingerprint density at radius 2 is 1.50 bits per heavy atom. The van der Waals surface area contributed by atoms with Crippen LogP contribution in [-0.4, -0.2) is 60.0 Å². The fourth-order valence-corrected chi connectivity index (χ4v) is 4.90. The normalized spacial score (nSPS) is 13.4. The predicted octanol–water partition coefficient (Wildman–Crippen LogP) is 2.80. The first kappa shape index (κ1) is 32.6. The minimum atomic E-state index is -1.74. The van der Waals surface area contributed by atoms with Gasteiger partial charge in [-0.15, -0.1) is 0 Å². The SMILES string of the molecule is COc1ccc(C[C@H](NC(=O)Cc2cccc3ccccc23)C(=O)N[C@H](C(=O)N[C@@H](CC(C)C)B(O)O)C(C)C)cc1. The first-order chi connectivity index (χ1) is 20.0. The molecule has 0 aliphatic rings. The molecule has 0 saturated carbocycles. The van der Waals surface area contributed by atoms with Gasteiger partial charge in [0.15, 0.2) is 0 Å². The molecule has 0 radical (unpaired) electrons. The third-order valence-electron chi connectivity index (χ3n) is 7.14. The molecule has 3 rings (SSSR count). The summed E-state index contributed by atoms with van der Waals surface area (Å²) in [5.41, 5.74) is 1.64. The van der Waals surface area contributed by atoms with Crippen molar-refractivity contribution < 1.29 is 29.2 Å². The Labute approximate surface area is 248 Å². The summed E-state index contributed by atoms with van der Waals surface area (Å²) in [5.74, 6) is -1.79. The van der Waals surface area contributed by atoms with E-state index in [9.17, 15) is 24.4 Å². The van der Waals surface area contributed by atoms with Crippen molar-refractivity contribution in [1.82, 2.24) is 16.0 Å². The lowest BCUT2D eigenvalue weighted by Gasteiger charge is -2.28. The Kier molecular flexibility index (Phi) is 11.9. The van der Waals surface area contributed by atoms with Crippen molar-refractivity contribution >= 4 is 35.6 Å². The summed E-state index contributed by atoms with van der Waals surface area (Å²) in [6, 6.07) is 18.8. The zero-order valence-electron chi connectivity index (χ0n) is 25.0. The standard InChI is InChI=1S/C32H42BN3O6/c1-20(2)17-28(33(40)41)35-32(39)30(21(3)4)36-31(38)27(18-22-13-15-25(42-5)16-14-22)34-29(37)19-24-11-8-10-23-9-6-7-12-26(23)24/h6-16,20-21,27-28,30,40-41H,17-19H2,1-5H3,(H,34,37)(H,35,39)(H,36,38)/t27-,28-,30-/m0/s1. The number of carbonyl (C=O) groups excluding carboxylic acids is 3. The molecular weight excluding hydrogens is 533 g/mol. The molecule has 0 spiro atoms. The summed E-state index contributed by atoms with van der Waals surface area (Å²) in [6.07, 6.45) is 0.620. The van der Waals surface area contributed by atoms with Crippen LogP contribution in [0.3, 0.4) is 0 Å². The highest BCUT2D eigenvalue weighted by molar-refractivity contribution is 6.43. The van der Waals surface area contributed by atoms with Crippen LogP contribution in [0, 0.1) is 11.8 Å². The van der Waals surface area contributed by atoms with E-state index in [0.29, 0.717) is 12.2 Å². The van der Waals surface area contributed by atoms with E-state index in [4.69, 9.17) is 4.74 Å². The summed E-state index contributed by atoms with van der Waals surface area (Å²) in [7, 11) is -0.173. The van der Waals surface area contributed by atoms with Crippen molar-refractivity contribution in [2.45, 2.75) is 65.0 Å². The molecule has 0 unspecified atom stereocenters. The van der Waals surface area contributed by atoms with Gasteiger partial charge in [-0.2, -0.15) is 0 Å². The fourth-order valence-electron chi connectivity index (χ4n) is 4.90. The van der Waals surface area contributed by atoms with Crippen LogP contribution >= 0.6 is 0 Å². The van der Waals surface area contributed by atoms with Gasteiger partial charge in [0.25, 0.3) is 0 Å². The molecule has 10 heteroatoms. The van der Waals surface area contributed by atoms with Gasteiger partial charge in [0, 0.05) is 6.42 Å². The molecule has 0 heterocycles. The van der Waals surface area contributed by atoms with Crippen LogP contribution < -0.4 is 20.7 Å². The van der Waals surface area contributed by atoms with Crippen molar-refractivity contribution in [3.63, 3.8) is 0 Å². The zero-order chi connectivity index (χ0) is 30.8. The number of fused-ring (bicyclic) bond motifs is 1. The molecule has 0 aromatic heterocycles. The largest absolute Gasteiger partial charge is 0.497 e. The average Bonchev–Trinajstić information content (AvgIpc) is 2.95. The van der Waals surface area contributed by atoms with E-state index in [1.807, 2.05) is 68.4 Å². The molecule has 5 N–H and O–H groups in total. The van der Waals surface area contributed by atoms with Gasteiger partial charge in [0.2, 0.25) is 17.7 Å². The van der Waals surface area contributed by atoms with Gasteiger partial charge in [0.1, 0.15) is 17.8 Å². The fraction of sp³-hybridized carbons (Fsp3) is 0.406. The Bertz CT molecular complexity index is 1340. The number of methoxy groups -OCH3 is 1. The topological polar surface area (TPSA) is 137 Å². The molecule has 0 fully saturated rings. The molecule has 0 bridgehead atoms. The second kappa shape index (κ2) is 15.4. The maximum atomic E-state index is 13.7. The highest BCUT2D eigenvalue weighted by Crippen LogP contribution is 2.19. The van der Waals surface area contributed by atoms with Crippen molar-refractivity contribution in [2.75, 3.05) is 7.11 Å². The van der Waals surface area contributed by atoms with Crippen LogP contribution in [-0.2, 0) is 27.2 Å². The van der Waals surface area contributed by atoms with Crippen molar-refractivity contribution in [3.8, 4) is 5.75 Å². The summed E-state index contributed by atoms with van der Waals surface area (Å²) in [5, 5.41) is 29.9. The lowest BCUT2D eigenvalue weighted by Crippen LogP contribution is -2.59. The summed E-state index contributed by atoms with van der Waals surface area (Å²) >= 11 is 0. The molecular formula is C32H42BN3O6. The van der Waals surface area contributed by atoms with Crippen molar-refractivity contribution in [3.05, 3.63) is 77.9 Å². The molecule has 3 atom stereocenters. The summed E-state index contributed by atoms with van der Waals surface area (Å²) in [6.45, 7) is 7.39. The van der Waals surface area contributed by atoms with E-state index < -0.39 is 37.0 Å². The van der Waals surface area contributed by atoms with Gasteiger partial charge in [-0.05, 0) is 52.3 Å². The Balaban J connectivity index is 1.81. The minimum absolute atomic E-state index is 0.0765. The molecule has 3 amide bonds. The zero-order valence-corrected chi connectivity index (χ0v) is 25.0. The van der Waals surface area contributed by atoms with E-state index in [-0.39, 0.29) is 30.6 Å². The monoisotopic (exact) mass is 575 g/mol. The molecule has 224 valence electrons. The lowest BCUT2D eigenvalue weighted by atomic mass is 9.75. The van der Waals surface area contributed by atoms with Crippen LogP contribution in [0.1, 0.15) is 45.2 Å². The number of ether oxygens (including phenoxy) is 1. The summed E-state index contributed by atoms with van der Waals surface area (Å²) in [4.78, 5) is 40.2. The predicted molar refractivity (Wildman–Crippen MR) is 165 cm³/mol. The molecule has 9 nitrogen and oxygen atoms in total. The van der Waals surface area contributed by atoms with Gasteiger partial charge in [-0.3, -0.25) is 14.4 Å². The van der Waals surface area contributed by atoms with E-state index >= 15 is 0 Å². The first-order valence-corrected chi connectivity index (χ1v) is 14.3. The molecule has 0 saturated heterocycles. The van der Waals surface area contributed by atoms with Crippen LogP contribution in [0.15, 0.2) is 66.7 Å². The van der Waals surface area contributed by atoms with E-state index in [0.717, 1.165) is 21.9 Å². The van der Waals surface area contributed by atoms with E-state index in [1.165, 1.54) is 0 Å². The maximum absolute atomic E-state index is 13.7. The molecule has 0 aliphatic heterocycles. The van der Waals surface area contributed by atoms with Gasteiger partial charge in [0.05, 0.1) is 19.5 Å². The Morgan fingerprint density at radius 1 is 0.833 bits per heavy atom. The third-order valence-corrected chi connectivity index (χ3v) is 7.14. The maximum Gasteiger partial charge on any atom is 0.475 e. The number of rotatable bonds is 14. The highest BCUT2D eigenvalue weighted by Gasteiger charge is 2.33. The quantitative estimate of drug-likeness (QED) is 0.188.